The number of rotatable bonds is 0. The Morgan fingerprint density at radius 2 is 1.75 bits per heavy atom. The summed E-state index contributed by atoms with van der Waals surface area (Å²) < 4.78 is 0. The predicted molar refractivity (Wildman–Crippen MR) is 31.9 cm³/mol. The van der Waals surface area contributed by atoms with Crippen LogP contribution in [0.1, 0.15) is 20.8 Å². The Morgan fingerprint density at radius 3 is 1.75 bits per heavy atom. The standard InChI is InChI=1S/C3H7NO.C2H3N/c1-3(2)4-5;1-2-3/h5H,1-2H3;1H3. The van der Waals surface area contributed by atoms with Gasteiger partial charge >= 0.3 is 0 Å². The summed E-state index contributed by atoms with van der Waals surface area (Å²) in [5.74, 6) is 0. The van der Waals surface area contributed by atoms with E-state index >= 15 is 0 Å². The minimum atomic E-state index is 0.685. The summed E-state index contributed by atoms with van der Waals surface area (Å²) in [4.78, 5) is 0. The molecular weight excluding hydrogens is 104 g/mol. The van der Waals surface area contributed by atoms with Crippen LogP contribution < -0.4 is 0 Å². The fourth-order valence-electron chi connectivity index (χ4n) is 0. The van der Waals surface area contributed by atoms with Gasteiger partial charge in [-0.05, 0) is 13.8 Å². The maximum atomic E-state index is 7.73. The van der Waals surface area contributed by atoms with Gasteiger partial charge in [0, 0.05) is 6.92 Å². The summed E-state index contributed by atoms with van der Waals surface area (Å²) >= 11 is 0. The zero-order chi connectivity index (χ0) is 6.99. The maximum Gasteiger partial charge on any atom is 0.0587 e. The zero-order valence-corrected chi connectivity index (χ0v) is 5.34. The molecule has 8 heavy (non-hydrogen) atoms. The lowest BCUT2D eigenvalue weighted by molar-refractivity contribution is 0.318. The first-order valence-corrected chi connectivity index (χ1v) is 2.15. The molecule has 0 aromatic heterocycles. The van der Waals surface area contributed by atoms with E-state index in [1.54, 1.807) is 19.9 Å². The van der Waals surface area contributed by atoms with E-state index in [1.165, 1.54) is 6.92 Å². The molecule has 0 aromatic carbocycles. The molecule has 0 saturated heterocycles. The molecule has 0 saturated carbocycles. The lowest BCUT2D eigenvalue weighted by atomic mass is 10.5. The second kappa shape index (κ2) is 9.35. The van der Waals surface area contributed by atoms with Gasteiger partial charge in [-0.2, -0.15) is 5.26 Å². The second-order valence-corrected chi connectivity index (χ2v) is 1.27. The van der Waals surface area contributed by atoms with Gasteiger partial charge in [0.05, 0.1) is 11.8 Å². The lowest BCUT2D eigenvalue weighted by Crippen LogP contribution is -1.74. The summed E-state index contributed by atoms with van der Waals surface area (Å²) in [7, 11) is 0. The molecule has 0 amide bonds. The van der Waals surface area contributed by atoms with E-state index in [1.807, 2.05) is 0 Å². The first kappa shape index (κ1) is 10.0. The van der Waals surface area contributed by atoms with Crippen molar-refractivity contribution in [3.8, 4) is 6.07 Å². The summed E-state index contributed by atoms with van der Waals surface area (Å²) in [5.41, 5.74) is 0.685. The third-order valence-corrected chi connectivity index (χ3v) is 0.200. The lowest BCUT2D eigenvalue weighted by Gasteiger charge is -1.72. The molecule has 0 unspecified atom stereocenters. The Bertz CT molecular complexity index is 97.5. The van der Waals surface area contributed by atoms with Gasteiger partial charge in [0.2, 0.25) is 0 Å². The fraction of sp³-hybridized carbons (Fsp3) is 0.600. The average molecular weight is 114 g/mol. The summed E-state index contributed by atoms with van der Waals surface area (Å²) in [6.45, 7) is 4.88. The number of nitriles is 1. The van der Waals surface area contributed by atoms with Crippen molar-refractivity contribution in [2.24, 2.45) is 5.16 Å². The van der Waals surface area contributed by atoms with Crippen LogP contribution in [0.2, 0.25) is 0 Å². The second-order valence-electron chi connectivity index (χ2n) is 1.27. The molecule has 0 heterocycles. The molecule has 46 valence electrons. The third kappa shape index (κ3) is 84.4. The minimum absolute atomic E-state index is 0.685. The highest BCUT2D eigenvalue weighted by atomic mass is 16.4. The molecular formula is C5H10N2O. The van der Waals surface area contributed by atoms with Gasteiger partial charge in [-0.3, -0.25) is 0 Å². The monoisotopic (exact) mass is 114 g/mol. The Morgan fingerprint density at radius 1 is 1.62 bits per heavy atom. The van der Waals surface area contributed by atoms with E-state index < -0.39 is 0 Å². The Kier molecular flexibility index (Phi) is 11.7. The number of hydrogen-bond acceptors (Lipinski definition) is 3. The van der Waals surface area contributed by atoms with Crippen LogP contribution in [0.3, 0.4) is 0 Å². The van der Waals surface area contributed by atoms with Crippen molar-refractivity contribution in [3.63, 3.8) is 0 Å². The Balaban J connectivity index is 0. The van der Waals surface area contributed by atoms with Crippen LogP contribution in [0.4, 0.5) is 0 Å². The molecule has 1 N–H and O–H groups in total. The van der Waals surface area contributed by atoms with Crippen molar-refractivity contribution in [1.82, 2.24) is 0 Å². The molecule has 0 radical (unpaired) electrons. The molecule has 0 bridgehead atoms. The van der Waals surface area contributed by atoms with E-state index in [2.05, 4.69) is 5.16 Å². The minimum Gasteiger partial charge on any atom is -0.411 e. The van der Waals surface area contributed by atoms with Crippen LogP contribution >= 0.6 is 0 Å². The van der Waals surface area contributed by atoms with Gasteiger partial charge in [-0.1, -0.05) is 5.16 Å². The topological polar surface area (TPSA) is 56.4 Å². The van der Waals surface area contributed by atoms with Crippen molar-refractivity contribution in [1.29, 1.82) is 5.26 Å². The van der Waals surface area contributed by atoms with Crippen LogP contribution in [0.15, 0.2) is 5.16 Å². The molecule has 3 heteroatoms. The van der Waals surface area contributed by atoms with Gasteiger partial charge in [0.25, 0.3) is 0 Å². The van der Waals surface area contributed by atoms with E-state index in [-0.39, 0.29) is 0 Å². The highest BCUT2D eigenvalue weighted by molar-refractivity contribution is 5.78. The van der Waals surface area contributed by atoms with Crippen LogP contribution in [0, 0.1) is 11.3 Å². The first-order chi connectivity index (χ1) is 3.68. The largest absolute Gasteiger partial charge is 0.411 e. The van der Waals surface area contributed by atoms with Crippen LogP contribution in [0.25, 0.3) is 0 Å². The van der Waals surface area contributed by atoms with E-state index in [0.29, 0.717) is 5.71 Å². The van der Waals surface area contributed by atoms with E-state index in [0.717, 1.165) is 0 Å². The van der Waals surface area contributed by atoms with Crippen molar-refractivity contribution in [2.75, 3.05) is 0 Å². The summed E-state index contributed by atoms with van der Waals surface area (Å²) in [6.07, 6.45) is 0. The maximum absolute atomic E-state index is 7.73. The number of hydrogen-bond donors (Lipinski definition) is 1. The van der Waals surface area contributed by atoms with Crippen molar-refractivity contribution in [2.45, 2.75) is 20.8 Å². The highest BCUT2D eigenvalue weighted by Gasteiger charge is 1.65. The predicted octanol–water partition coefficient (Wildman–Crippen LogP) is 1.39. The van der Waals surface area contributed by atoms with Crippen LogP contribution in [0.5, 0.6) is 0 Å². The summed E-state index contributed by atoms with van der Waals surface area (Å²) in [5, 5.41) is 17.9. The van der Waals surface area contributed by atoms with Gasteiger partial charge in [-0.25, -0.2) is 0 Å². The molecule has 0 aliphatic rings. The summed E-state index contributed by atoms with van der Waals surface area (Å²) in [6, 6.07) is 1.75. The third-order valence-electron chi connectivity index (χ3n) is 0.200. The molecule has 0 rings (SSSR count). The highest BCUT2D eigenvalue weighted by Crippen LogP contribution is 1.62. The molecule has 0 fully saturated rings. The molecule has 0 spiro atoms. The Labute approximate surface area is 49.2 Å². The van der Waals surface area contributed by atoms with Crippen LogP contribution in [-0.2, 0) is 0 Å². The van der Waals surface area contributed by atoms with Crippen LogP contribution in [-0.4, -0.2) is 10.9 Å². The van der Waals surface area contributed by atoms with Gasteiger partial charge in [0.15, 0.2) is 0 Å². The number of oxime groups is 1. The van der Waals surface area contributed by atoms with E-state index in [4.69, 9.17) is 10.5 Å². The van der Waals surface area contributed by atoms with Crippen molar-refractivity contribution in [3.05, 3.63) is 0 Å². The molecule has 0 aromatic rings. The zero-order valence-electron chi connectivity index (χ0n) is 5.34. The van der Waals surface area contributed by atoms with E-state index in [9.17, 15) is 0 Å². The SMILES string of the molecule is CC#N.CC(C)=NO. The molecule has 3 nitrogen and oxygen atoms in total. The molecule has 0 atom stereocenters. The average Bonchev–Trinajstić information content (AvgIpc) is 1.69. The van der Waals surface area contributed by atoms with Crippen molar-refractivity contribution >= 4 is 5.71 Å². The van der Waals surface area contributed by atoms with Crippen molar-refractivity contribution < 1.29 is 5.21 Å². The van der Waals surface area contributed by atoms with Gasteiger partial charge in [-0.15, -0.1) is 0 Å². The number of nitrogens with zero attached hydrogens (tertiary/aromatic N) is 2. The Hall–Kier alpha value is -1.04. The molecule has 0 aliphatic heterocycles. The quantitative estimate of drug-likeness (QED) is 0.294. The van der Waals surface area contributed by atoms with Gasteiger partial charge in [0.1, 0.15) is 0 Å². The normalized spacial score (nSPS) is 5.25. The fourth-order valence-corrected chi connectivity index (χ4v) is 0. The smallest absolute Gasteiger partial charge is 0.0587 e. The first-order valence-electron chi connectivity index (χ1n) is 2.15. The molecule has 0 aliphatic carbocycles. The van der Waals surface area contributed by atoms with Gasteiger partial charge < -0.3 is 5.21 Å².